The van der Waals surface area contributed by atoms with E-state index in [9.17, 15) is 9.90 Å². The molecule has 0 saturated carbocycles. The number of phenols is 1. The fourth-order valence-electron chi connectivity index (χ4n) is 2.59. The first-order valence-electron chi connectivity index (χ1n) is 8.94. The zero-order chi connectivity index (χ0) is 19.9. The smallest absolute Gasteiger partial charge is 0.271 e. The van der Waals surface area contributed by atoms with Crippen LogP contribution >= 0.6 is 0 Å². The van der Waals surface area contributed by atoms with E-state index >= 15 is 0 Å². The number of hydrogen-bond acceptors (Lipinski definition) is 4. The van der Waals surface area contributed by atoms with Gasteiger partial charge in [-0.15, -0.1) is 0 Å². The maximum atomic E-state index is 12.3. The maximum absolute atomic E-state index is 12.3. The van der Waals surface area contributed by atoms with E-state index in [1.54, 1.807) is 55.5 Å². The SMILES string of the molecule is CC(=NNC(=O)c1ccc(OCc2ccc(C)cc2)cc1)c1ccccc1O. The number of phenolic OH excluding ortho intramolecular Hbond substituents is 1. The molecule has 0 aliphatic rings. The van der Waals surface area contributed by atoms with Gasteiger partial charge in [-0.3, -0.25) is 4.79 Å². The lowest BCUT2D eigenvalue weighted by molar-refractivity contribution is 0.0954. The van der Waals surface area contributed by atoms with Gasteiger partial charge >= 0.3 is 0 Å². The van der Waals surface area contributed by atoms with Crippen LogP contribution in [0.2, 0.25) is 0 Å². The van der Waals surface area contributed by atoms with Gasteiger partial charge in [0.1, 0.15) is 18.1 Å². The van der Waals surface area contributed by atoms with Gasteiger partial charge in [0, 0.05) is 11.1 Å². The van der Waals surface area contributed by atoms with Crippen molar-refractivity contribution in [1.29, 1.82) is 0 Å². The van der Waals surface area contributed by atoms with E-state index in [1.807, 2.05) is 31.2 Å². The highest BCUT2D eigenvalue weighted by Gasteiger charge is 2.07. The molecule has 0 bridgehead atoms. The topological polar surface area (TPSA) is 70.9 Å². The Morgan fingerprint density at radius 1 is 1.00 bits per heavy atom. The van der Waals surface area contributed by atoms with Crippen LogP contribution in [-0.4, -0.2) is 16.7 Å². The molecular weight excluding hydrogens is 352 g/mol. The maximum Gasteiger partial charge on any atom is 0.271 e. The van der Waals surface area contributed by atoms with E-state index in [0.29, 0.717) is 29.2 Å². The van der Waals surface area contributed by atoms with Gasteiger partial charge < -0.3 is 9.84 Å². The lowest BCUT2D eigenvalue weighted by Gasteiger charge is -2.08. The van der Waals surface area contributed by atoms with Gasteiger partial charge in [0.15, 0.2) is 0 Å². The van der Waals surface area contributed by atoms with Crippen LogP contribution in [0.3, 0.4) is 0 Å². The number of ether oxygens (including phenoxy) is 1. The third kappa shape index (κ3) is 4.98. The normalized spacial score (nSPS) is 11.1. The van der Waals surface area contributed by atoms with E-state index in [4.69, 9.17) is 4.74 Å². The minimum absolute atomic E-state index is 0.119. The summed E-state index contributed by atoms with van der Waals surface area (Å²) in [5, 5.41) is 13.9. The fraction of sp³-hybridized carbons (Fsp3) is 0.130. The molecular formula is C23H22N2O3. The highest BCUT2D eigenvalue weighted by atomic mass is 16.5. The molecule has 0 unspecified atom stereocenters. The standard InChI is InChI=1S/C23H22N2O3/c1-16-7-9-18(10-8-16)15-28-20-13-11-19(12-14-20)23(27)25-24-17(2)21-5-3-4-6-22(21)26/h3-14,26H,15H2,1-2H3,(H,25,27). The molecule has 0 radical (unpaired) electrons. The monoisotopic (exact) mass is 374 g/mol. The van der Waals surface area contributed by atoms with Crippen LogP contribution in [0.15, 0.2) is 77.9 Å². The summed E-state index contributed by atoms with van der Waals surface area (Å²) in [5.41, 5.74) is 6.36. The molecule has 5 nitrogen and oxygen atoms in total. The number of aromatic hydroxyl groups is 1. The van der Waals surface area contributed by atoms with Crippen molar-refractivity contribution < 1.29 is 14.6 Å². The molecule has 0 aliphatic heterocycles. The summed E-state index contributed by atoms with van der Waals surface area (Å²) >= 11 is 0. The van der Waals surface area contributed by atoms with Crippen LogP contribution < -0.4 is 10.2 Å². The number of amides is 1. The predicted molar refractivity (Wildman–Crippen MR) is 110 cm³/mol. The van der Waals surface area contributed by atoms with Gasteiger partial charge in [0.25, 0.3) is 5.91 Å². The Labute approximate surface area is 164 Å². The molecule has 0 atom stereocenters. The van der Waals surface area contributed by atoms with E-state index in [0.717, 1.165) is 5.56 Å². The molecule has 0 heterocycles. The molecule has 0 aliphatic carbocycles. The summed E-state index contributed by atoms with van der Waals surface area (Å²) < 4.78 is 5.75. The molecule has 0 saturated heterocycles. The van der Waals surface area contributed by atoms with Crippen LogP contribution in [0.1, 0.15) is 34.0 Å². The summed E-state index contributed by atoms with van der Waals surface area (Å²) in [5.74, 6) is 0.471. The molecule has 3 aromatic rings. The minimum Gasteiger partial charge on any atom is -0.507 e. The Bertz CT molecular complexity index is 977. The molecule has 0 fully saturated rings. The molecule has 28 heavy (non-hydrogen) atoms. The van der Waals surface area contributed by atoms with Crippen LogP contribution in [0.25, 0.3) is 0 Å². The van der Waals surface area contributed by atoms with Crippen LogP contribution in [-0.2, 0) is 6.61 Å². The second kappa shape index (κ2) is 8.86. The van der Waals surface area contributed by atoms with E-state index in [1.165, 1.54) is 5.56 Å². The van der Waals surface area contributed by atoms with Crippen molar-refractivity contribution in [1.82, 2.24) is 5.43 Å². The third-order valence-electron chi connectivity index (χ3n) is 4.26. The highest BCUT2D eigenvalue weighted by molar-refractivity contribution is 6.02. The lowest BCUT2D eigenvalue weighted by atomic mass is 10.1. The zero-order valence-corrected chi connectivity index (χ0v) is 15.8. The number of nitrogens with zero attached hydrogens (tertiary/aromatic N) is 1. The van der Waals surface area contributed by atoms with Crippen LogP contribution in [0.5, 0.6) is 11.5 Å². The number of carbonyl (C=O) groups excluding carboxylic acids is 1. The molecule has 5 heteroatoms. The summed E-state index contributed by atoms with van der Waals surface area (Å²) in [7, 11) is 0. The molecule has 1 amide bonds. The number of rotatable bonds is 6. The van der Waals surface area contributed by atoms with Crippen molar-refractivity contribution in [3.63, 3.8) is 0 Å². The van der Waals surface area contributed by atoms with E-state index < -0.39 is 0 Å². The molecule has 2 N–H and O–H groups in total. The first-order valence-corrected chi connectivity index (χ1v) is 8.94. The third-order valence-corrected chi connectivity index (χ3v) is 4.26. The van der Waals surface area contributed by atoms with Crippen molar-refractivity contribution in [2.75, 3.05) is 0 Å². The van der Waals surface area contributed by atoms with Gasteiger partial charge in [0.05, 0.1) is 5.71 Å². The largest absolute Gasteiger partial charge is 0.507 e. The highest BCUT2D eigenvalue weighted by Crippen LogP contribution is 2.17. The van der Waals surface area contributed by atoms with Gasteiger partial charge in [-0.25, -0.2) is 5.43 Å². The molecule has 142 valence electrons. The number of nitrogens with one attached hydrogen (secondary N) is 1. The number of carbonyl (C=O) groups is 1. The minimum atomic E-state index is -0.333. The van der Waals surface area contributed by atoms with Crippen LogP contribution in [0.4, 0.5) is 0 Å². The van der Waals surface area contributed by atoms with Crippen molar-refractivity contribution >= 4 is 11.6 Å². The van der Waals surface area contributed by atoms with Crippen molar-refractivity contribution in [3.8, 4) is 11.5 Å². The van der Waals surface area contributed by atoms with Crippen molar-refractivity contribution in [3.05, 3.63) is 95.1 Å². The van der Waals surface area contributed by atoms with Crippen molar-refractivity contribution in [2.24, 2.45) is 5.10 Å². The Morgan fingerprint density at radius 3 is 2.36 bits per heavy atom. The van der Waals surface area contributed by atoms with E-state index in [2.05, 4.69) is 10.5 Å². The lowest BCUT2D eigenvalue weighted by Crippen LogP contribution is -2.19. The Balaban J connectivity index is 1.58. The molecule has 3 aromatic carbocycles. The summed E-state index contributed by atoms with van der Waals surface area (Å²) in [6.07, 6.45) is 0. The number of hydrazone groups is 1. The van der Waals surface area contributed by atoms with Gasteiger partial charge in [0.2, 0.25) is 0 Å². The quantitative estimate of drug-likeness (QED) is 0.495. The first-order chi connectivity index (χ1) is 13.5. The molecule has 0 aromatic heterocycles. The second-order valence-electron chi connectivity index (χ2n) is 6.45. The van der Waals surface area contributed by atoms with Gasteiger partial charge in [-0.05, 0) is 55.8 Å². The van der Waals surface area contributed by atoms with Gasteiger partial charge in [-0.1, -0.05) is 42.0 Å². The number of hydrogen-bond donors (Lipinski definition) is 2. The van der Waals surface area contributed by atoms with Crippen LogP contribution in [0, 0.1) is 6.92 Å². The van der Waals surface area contributed by atoms with Crippen molar-refractivity contribution in [2.45, 2.75) is 20.5 Å². The average molecular weight is 374 g/mol. The zero-order valence-electron chi connectivity index (χ0n) is 15.8. The summed E-state index contributed by atoms with van der Waals surface area (Å²) in [6, 6.07) is 21.9. The Hall–Kier alpha value is -3.60. The summed E-state index contributed by atoms with van der Waals surface area (Å²) in [6.45, 7) is 4.23. The summed E-state index contributed by atoms with van der Waals surface area (Å²) in [4.78, 5) is 12.3. The first kappa shape index (κ1) is 19.2. The second-order valence-corrected chi connectivity index (χ2v) is 6.45. The fourth-order valence-corrected chi connectivity index (χ4v) is 2.59. The molecule has 3 rings (SSSR count). The number of benzene rings is 3. The van der Waals surface area contributed by atoms with E-state index in [-0.39, 0.29) is 11.7 Å². The average Bonchev–Trinajstić information content (AvgIpc) is 2.72. The number of aryl methyl sites for hydroxylation is 1. The molecule has 0 spiro atoms. The number of para-hydroxylation sites is 1. The Kier molecular flexibility index (Phi) is 6.07. The van der Waals surface area contributed by atoms with Gasteiger partial charge in [-0.2, -0.15) is 5.10 Å². The predicted octanol–water partition coefficient (Wildman–Crippen LogP) is 4.43. The Morgan fingerprint density at radius 2 is 1.68 bits per heavy atom.